The number of hydrogen-bond donors (Lipinski definition) is 0. The minimum Gasteiger partial charge on any atom is -0.313 e. The molecule has 0 atom stereocenters. The van der Waals surface area contributed by atoms with Gasteiger partial charge in [0.05, 0.1) is 46.8 Å². The van der Waals surface area contributed by atoms with Crippen LogP contribution in [0.2, 0.25) is 5.02 Å². The molecule has 0 aliphatic carbocycles. The first-order chi connectivity index (χ1) is 14.9. The van der Waals surface area contributed by atoms with Gasteiger partial charge < -0.3 is 4.90 Å². The van der Waals surface area contributed by atoms with E-state index in [4.69, 9.17) is 16.6 Å². The van der Waals surface area contributed by atoms with Crippen molar-refractivity contribution in [1.29, 1.82) is 0 Å². The van der Waals surface area contributed by atoms with Gasteiger partial charge in [-0.1, -0.05) is 41.9 Å². The molecule has 7 nitrogen and oxygen atoms in total. The predicted octanol–water partition coefficient (Wildman–Crippen LogP) is 3.87. The van der Waals surface area contributed by atoms with Crippen LogP contribution < -0.4 is 4.90 Å². The minimum atomic E-state index is -0.0669. The van der Waals surface area contributed by atoms with Crippen LogP contribution in [0.25, 0.3) is 16.7 Å². The summed E-state index contributed by atoms with van der Waals surface area (Å²) in [5.41, 5.74) is 3.23. The van der Waals surface area contributed by atoms with Gasteiger partial charge in [-0.15, -0.1) is 0 Å². The molecule has 4 rings (SSSR count). The molecular weight excluding hydrogens is 412 g/mol. The maximum Gasteiger partial charge on any atom is 0.240 e. The molecule has 2 aromatic carbocycles. The van der Waals surface area contributed by atoms with E-state index in [9.17, 15) is 4.79 Å². The number of likely N-dealkylation sites (N-methyl/N-ethyl adjacent to an activating group) is 2. The molecule has 158 valence electrons. The van der Waals surface area contributed by atoms with Gasteiger partial charge in [0.25, 0.3) is 0 Å². The van der Waals surface area contributed by atoms with E-state index in [1.165, 1.54) is 0 Å². The number of halogens is 1. The van der Waals surface area contributed by atoms with Crippen LogP contribution in [0.3, 0.4) is 0 Å². The Balaban J connectivity index is 1.53. The average molecular weight is 435 g/mol. The first-order valence-electron chi connectivity index (χ1n) is 9.90. The monoisotopic (exact) mass is 434 g/mol. The van der Waals surface area contributed by atoms with Gasteiger partial charge in [-0.05, 0) is 38.2 Å². The average Bonchev–Trinajstić information content (AvgIpc) is 3.18. The van der Waals surface area contributed by atoms with Crippen LogP contribution in [0.15, 0.2) is 60.8 Å². The Bertz CT molecular complexity index is 1220. The molecule has 8 heteroatoms. The molecule has 2 aromatic heterocycles. The maximum absolute atomic E-state index is 12.7. The third-order valence-corrected chi connectivity index (χ3v) is 5.39. The zero-order chi connectivity index (χ0) is 22.0. The number of benzene rings is 2. The molecular formula is C23H23ClN6O. The van der Waals surface area contributed by atoms with Crippen LogP contribution in [-0.4, -0.2) is 51.2 Å². The van der Waals surface area contributed by atoms with Crippen LogP contribution in [0.4, 0.5) is 5.69 Å². The third-order valence-electron chi connectivity index (χ3n) is 5.07. The van der Waals surface area contributed by atoms with E-state index >= 15 is 0 Å². The molecule has 0 radical (unpaired) electrons. The van der Waals surface area contributed by atoms with E-state index in [-0.39, 0.29) is 12.5 Å². The first kappa shape index (κ1) is 21.0. The van der Waals surface area contributed by atoms with Crippen LogP contribution in [0.5, 0.6) is 0 Å². The SMILES string of the molecule is Cc1nc(CN(C)CC(=O)N(C)c2ccccc2Cl)nc2c1cnn2-c1ccccc1. The Hall–Kier alpha value is -3.29. The van der Waals surface area contributed by atoms with E-state index < -0.39 is 0 Å². The van der Waals surface area contributed by atoms with Crippen LogP contribution in [0.1, 0.15) is 11.5 Å². The molecule has 0 saturated carbocycles. The van der Waals surface area contributed by atoms with Gasteiger partial charge in [0.15, 0.2) is 5.65 Å². The summed E-state index contributed by atoms with van der Waals surface area (Å²) in [5, 5.41) is 5.94. The molecule has 0 unspecified atom stereocenters. The van der Waals surface area contributed by atoms with E-state index in [0.29, 0.717) is 23.1 Å². The molecule has 2 heterocycles. The number of para-hydroxylation sites is 2. The van der Waals surface area contributed by atoms with Gasteiger partial charge in [0.2, 0.25) is 5.91 Å². The maximum atomic E-state index is 12.7. The fraction of sp³-hybridized carbons (Fsp3) is 0.217. The summed E-state index contributed by atoms with van der Waals surface area (Å²) in [6.07, 6.45) is 1.78. The van der Waals surface area contributed by atoms with Gasteiger partial charge in [0, 0.05) is 7.05 Å². The second kappa shape index (κ2) is 8.83. The summed E-state index contributed by atoms with van der Waals surface area (Å²) < 4.78 is 1.81. The lowest BCUT2D eigenvalue weighted by Crippen LogP contribution is -2.36. The molecule has 4 aromatic rings. The second-order valence-electron chi connectivity index (χ2n) is 7.43. The predicted molar refractivity (Wildman–Crippen MR) is 123 cm³/mol. The van der Waals surface area contributed by atoms with Gasteiger partial charge in [0.1, 0.15) is 5.82 Å². The largest absolute Gasteiger partial charge is 0.313 e. The highest BCUT2D eigenvalue weighted by atomic mass is 35.5. The number of aryl methyl sites for hydroxylation is 1. The molecule has 31 heavy (non-hydrogen) atoms. The molecule has 0 fully saturated rings. The van der Waals surface area contributed by atoms with Crippen molar-refractivity contribution < 1.29 is 4.79 Å². The van der Waals surface area contributed by atoms with Gasteiger partial charge in [-0.25, -0.2) is 14.6 Å². The van der Waals surface area contributed by atoms with E-state index in [0.717, 1.165) is 22.4 Å². The molecule has 0 aliphatic rings. The lowest BCUT2D eigenvalue weighted by Gasteiger charge is -2.22. The van der Waals surface area contributed by atoms with Crippen LogP contribution in [0, 0.1) is 6.92 Å². The summed E-state index contributed by atoms with van der Waals surface area (Å²) in [6.45, 7) is 2.58. The summed E-state index contributed by atoms with van der Waals surface area (Å²) in [6, 6.07) is 17.2. The highest BCUT2D eigenvalue weighted by Crippen LogP contribution is 2.24. The number of hydrogen-bond acceptors (Lipinski definition) is 5. The molecule has 0 aliphatic heterocycles. The van der Waals surface area contributed by atoms with Gasteiger partial charge >= 0.3 is 0 Å². The standard InChI is InChI=1S/C23H23ClN6O/c1-16-18-13-25-30(17-9-5-4-6-10-17)23(18)27-21(26-16)14-28(2)15-22(31)29(3)20-12-8-7-11-19(20)24/h4-13H,14-15H2,1-3H3. The zero-order valence-electron chi connectivity index (χ0n) is 17.7. The van der Waals surface area contributed by atoms with Crippen LogP contribution >= 0.6 is 11.6 Å². The summed E-state index contributed by atoms with van der Waals surface area (Å²) in [5.74, 6) is 0.570. The quantitative estimate of drug-likeness (QED) is 0.460. The van der Waals surface area contributed by atoms with Crippen molar-refractivity contribution in [2.45, 2.75) is 13.5 Å². The molecule has 0 N–H and O–H groups in total. The molecule has 1 amide bonds. The lowest BCUT2D eigenvalue weighted by molar-refractivity contribution is -0.119. The number of amides is 1. The van der Waals surface area contributed by atoms with Crippen molar-refractivity contribution >= 4 is 34.2 Å². The number of rotatable bonds is 6. The Kier molecular flexibility index (Phi) is 5.97. The van der Waals surface area contributed by atoms with Crippen molar-refractivity contribution in [3.05, 3.63) is 77.3 Å². The van der Waals surface area contributed by atoms with E-state index in [1.807, 2.05) is 72.1 Å². The number of carbonyl (C=O) groups excluding carboxylic acids is 1. The van der Waals surface area contributed by atoms with Gasteiger partial charge in [-0.2, -0.15) is 5.10 Å². The topological polar surface area (TPSA) is 67.2 Å². The first-order valence-corrected chi connectivity index (χ1v) is 10.3. The summed E-state index contributed by atoms with van der Waals surface area (Å²) >= 11 is 6.22. The van der Waals surface area contributed by atoms with Crippen molar-refractivity contribution in [2.75, 3.05) is 25.5 Å². The Morgan fingerprint density at radius 3 is 2.48 bits per heavy atom. The number of aromatic nitrogens is 4. The number of carbonyl (C=O) groups is 1. The molecule has 0 spiro atoms. The van der Waals surface area contributed by atoms with E-state index in [1.54, 1.807) is 24.2 Å². The highest BCUT2D eigenvalue weighted by Gasteiger charge is 2.17. The molecule has 0 bridgehead atoms. The van der Waals surface area contributed by atoms with Crippen molar-refractivity contribution in [1.82, 2.24) is 24.6 Å². The van der Waals surface area contributed by atoms with Crippen molar-refractivity contribution in [3.8, 4) is 5.69 Å². The fourth-order valence-corrected chi connectivity index (χ4v) is 3.69. The third kappa shape index (κ3) is 4.42. The fourth-order valence-electron chi connectivity index (χ4n) is 3.43. The lowest BCUT2D eigenvalue weighted by atomic mass is 10.3. The highest BCUT2D eigenvalue weighted by molar-refractivity contribution is 6.33. The normalized spacial score (nSPS) is 11.3. The summed E-state index contributed by atoms with van der Waals surface area (Å²) in [7, 11) is 3.60. The minimum absolute atomic E-state index is 0.0669. The zero-order valence-corrected chi connectivity index (χ0v) is 18.4. The van der Waals surface area contributed by atoms with E-state index in [2.05, 4.69) is 10.1 Å². The summed E-state index contributed by atoms with van der Waals surface area (Å²) in [4.78, 5) is 25.6. The number of nitrogens with zero attached hydrogens (tertiary/aromatic N) is 6. The number of fused-ring (bicyclic) bond motifs is 1. The second-order valence-corrected chi connectivity index (χ2v) is 7.84. The number of anilines is 1. The van der Waals surface area contributed by atoms with Crippen LogP contribution in [-0.2, 0) is 11.3 Å². The van der Waals surface area contributed by atoms with Crippen molar-refractivity contribution in [3.63, 3.8) is 0 Å². The molecule has 0 saturated heterocycles. The van der Waals surface area contributed by atoms with Crippen molar-refractivity contribution in [2.24, 2.45) is 0 Å². The smallest absolute Gasteiger partial charge is 0.240 e. The Morgan fingerprint density at radius 1 is 1.03 bits per heavy atom. The Labute approximate surface area is 185 Å². The van der Waals surface area contributed by atoms with Gasteiger partial charge in [-0.3, -0.25) is 9.69 Å². The Morgan fingerprint density at radius 2 is 1.74 bits per heavy atom.